The minimum absolute atomic E-state index is 0.267. The smallest absolute Gasteiger partial charge is 0.335 e. The monoisotopic (exact) mass is 348 g/mol. The van der Waals surface area contributed by atoms with Crippen molar-refractivity contribution in [3.8, 4) is 0 Å². The molecule has 1 aliphatic rings. The lowest BCUT2D eigenvalue weighted by molar-refractivity contribution is 0.0696. The van der Waals surface area contributed by atoms with Crippen molar-refractivity contribution in [1.82, 2.24) is 4.90 Å². The number of aromatic carboxylic acids is 1. The number of carboxylic acids is 1. The van der Waals surface area contributed by atoms with Gasteiger partial charge in [0.25, 0.3) is 0 Å². The number of hydrogen-bond donors (Lipinski definition) is 1. The summed E-state index contributed by atoms with van der Waals surface area (Å²) in [7, 11) is 0. The fraction of sp³-hybridized carbons (Fsp3) is 0.176. The molecular formula is C17H14Cl2N2O2. The van der Waals surface area contributed by atoms with Crippen LogP contribution in [0.3, 0.4) is 0 Å². The second kappa shape index (κ2) is 6.22. The lowest BCUT2D eigenvalue weighted by Crippen LogP contribution is -2.30. The van der Waals surface area contributed by atoms with Gasteiger partial charge in [-0.1, -0.05) is 29.3 Å². The molecule has 1 heterocycles. The summed E-state index contributed by atoms with van der Waals surface area (Å²) < 4.78 is 0. The van der Waals surface area contributed by atoms with Crippen molar-refractivity contribution in [3.05, 3.63) is 63.1 Å². The summed E-state index contributed by atoms with van der Waals surface area (Å²) in [6.45, 7) is 3.10. The Hall–Kier alpha value is -2.04. The molecule has 4 nitrogen and oxygen atoms in total. The van der Waals surface area contributed by atoms with E-state index in [-0.39, 0.29) is 5.56 Å². The SMILES string of the molecule is CC1=Nc2ccc(C(=O)O)cc2CN1Cc1ccc(Cl)cc1Cl. The fourth-order valence-corrected chi connectivity index (χ4v) is 3.01. The zero-order chi connectivity index (χ0) is 16.6. The molecule has 1 aliphatic heterocycles. The van der Waals surface area contributed by atoms with Gasteiger partial charge in [0.05, 0.1) is 11.3 Å². The highest BCUT2D eigenvalue weighted by Gasteiger charge is 2.19. The molecule has 0 radical (unpaired) electrons. The van der Waals surface area contributed by atoms with Crippen LogP contribution in [0, 0.1) is 0 Å². The predicted molar refractivity (Wildman–Crippen MR) is 91.9 cm³/mol. The largest absolute Gasteiger partial charge is 0.478 e. The van der Waals surface area contributed by atoms with Crippen molar-refractivity contribution in [3.63, 3.8) is 0 Å². The molecule has 0 saturated carbocycles. The van der Waals surface area contributed by atoms with Crippen LogP contribution in [-0.2, 0) is 13.1 Å². The van der Waals surface area contributed by atoms with Crippen LogP contribution in [0.1, 0.15) is 28.4 Å². The van der Waals surface area contributed by atoms with Crippen molar-refractivity contribution < 1.29 is 9.90 Å². The van der Waals surface area contributed by atoms with Crippen LogP contribution < -0.4 is 0 Å². The van der Waals surface area contributed by atoms with Gasteiger partial charge in [0.15, 0.2) is 0 Å². The van der Waals surface area contributed by atoms with E-state index in [1.807, 2.05) is 13.0 Å². The average molecular weight is 349 g/mol. The number of hydrogen-bond acceptors (Lipinski definition) is 3. The standard InChI is InChI=1S/C17H14Cl2N2O2/c1-10-20-16-5-3-11(17(22)23)6-13(16)9-21(10)8-12-2-4-14(18)7-15(12)19/h2-7H,8-9H2,1H3,(H,22,23). The second-order valence-corrected chi connectivity index (χ2v) is 6.24. The lowest BCUT2D eigenvalue weighted by Gasteiger charge is -2.29. The van der Waals surface area contributed by atoms with E-state index in [1.54, 1.807) is 30.3 Å². The predicted octanol–water partition coefficient (Wildman–Crippen LogP) is 4.76. The van der Waals surface area contributed by atoms with Gasteiger partial charge >= 0.3 is 5.97 Å². The Morgan fingerprint density at radius 2 is 2.04 bits per heavy atom. The quantitative estimate of drug-likeness (QED) is 0.869. The molecule has 2 aromatic rings. The lowest BCUT2D eigenvalue weighted by atomic mass is 10.1. The number of benzene rings is 2. The van der Waals surface area contributed by atoms with Gasteiger partial charge in [-0.25, -0.2) is 9.79 Å². The van der Waals surface area contributed by atoms with Crippen LogP contribution in [0.25, 0.3) is 0 Å². The highest BCUT2D eigenvalue weighted by Crippen LogP contribution is 2.29. The van der Waals surface area contributed by atoms with E-state index in [9.17, 15) is 4.79 Å². The van der Waals surface area contributed by atoms with Crippen molar-refractivity contribution in [2.45, 2.75) is 20.0 Å². The summed E-state index contributed by atoms with van der Waals surface area (Å²) >= 11 is 12.2. The first-order chi connectivity index (χ1) is 10.9. The third-order valence-electron chi connectivity index (χ3n) is 3.80. The highest BCUT2D eigenvalue weighted by atomic mass is 35.5. The number of aliphatic imine (C=N–C) groups is 1. The van der Waals surface area contributed by atoms with Crippen LogP contribution in [-0.4, -0.2) is 21.8 Å². The van der Waals surface area contributed by atoms with Crippen LogP contribution in [0.15, 0.2) is 41.4 Å². The Morgan fingerprint density at radius 1 is 1.26 bits per heavy atom. The molecule has 1 N–H and O–H groups in total. The van der Waals surface area contributed by atoms with Crippen LogP contribution in [0.2, 0.25) is 10.0 Å². The third kappa shape index (κ3) is 3.33. The van der Waals surface area contributed by atoms with Gasteiger partial charge in [-0.3, -0.25) is 0 Å². The summed E-state index contributed by atoms with van der Waals surface area (Å²) in [4.78, 5) is 17.7. The summed E-state index contributed by atoms with van der Waals surface area (Å²) in [6, 6.07) is 10.4. The maximum atomic E-state index is 11.1. The number of carboxylic acid groups (broad SMARTS) is 1. The maximum Gasteiger partial charge on any atom is 0.335 e. The van der Waals surface area contributed by atoms with Crippen molar-refractivity contribution >= 4 is 40.7 Å². The molecule has 0 amide bonds. The van der Waals surface area contributed by atoms with Crippen LogP contribution in [0.5, 0.6) is 0 Å². The summed E-state index contributed by atoms with van der Waals surface area (Å²) in [5.41, 5.74) is 2.91. The first kappa shape index (κ1) is 15.8. The van der Waals surface area contributed by atoms with Gasteiger partial charge in [-0.2, -0.15) is 0 Å². The summed E-state index contributed by atoms with van der Waals surface area (Å²) in [5, 5.41) is 10.3. The first-order valence-corrected chi connectivity index (χ1v) is 7.80. The Bertz CT molecular complexity index is 818. The second-order valence-electron chi connectivity index (χ2n) is 5.40. The Labute approximate surface area is 144 Å². The molecule has 2 aromatic carbocycles. The zero-order valence-corrected chi connectivity index (χ0v) is 13.9. The van der Waals surface area contributed by atoms with Gasteiger partial charge in [0, 0.05) is 23.1 Å². The summed E-state index contributed by atoms with van der Waals surface area (Å²) in [6.07, 6.45) is 0. The van der Waals surface area contributed by atoms with Gasteiger partial charge in [-0.15, -0.1) is 0 Å². The number of nitrogens with zero attached hydrogens (tertiary/aromatic N) is 2. The Balaban J connectivity index is 1.88. The molecule has 6 heteroatoms. The molecule has 23 heavy (non-hydrogen) atoms. The van der Waals surface area contributed by atoms with Gasteiger partial charge < -0.3 is 10.0 Å². The topological polar surface area (TPSA) is 52.9 Å². The van der Waals surface area contributed by atoms with Crippen LogP contribution in [0.4, 0.5) is 5.69 Å². The van der Waals surface area contributed by atoms with Crippen molar-refractivity contribution in [1.29, 1.82) is 0 Å². The normalized spacial score (nSPS) is 13.5. The van der Waals surface area contributed by atoms with Gasteiger partial charge in [-0.05, 0) is 48.4 Å². The van der Waals surface area contributed by atoms with E-state index in [1.165, 1.54) is 0 Å². The summed E-state index contributed by atoms with van der Waals surface area (Å²) in [5.74, 6) is -0.0713. The number of amidine groups is 1. The molecule has 0 unspecified atom stereocenters. The molecule has 3 rings (SSSR count). The molecule has 0 bridgehead atoms. The zero-order valence-electron chi connectivity index (χ0n) is 12.4. The molecular weight excluding hydrogens is 335 g/mol. The van der Waals surface area contributed by atoms with Gasteiger partial charge in [0.1, 0.15) is 5.84 Å². The van der Waals surface area contributed by atoms with E-state index < -0.39 is 5.97 Å². The number of carbonyl (C=O) groups is 1. The average Bonchev–Trinajstić information content (AvgIpc) is 2.50. The number of fused-ring (bicyclic) bond motifs is 1. The maximum absolute atomic E-state index is 11.1. The molecule has 0 fully saturated rings. The number of rotatable bonds is 3. The molecule has 0 spiro atoms. The minimum atomic E-state index is -0.939. The van der Waals surface area contributed by atoms with E-state index in [2.05, 4.69) is 9.89 Å². The molecule has 0 atom stereocenters. The van der Waals surface area contributed by atoms with Crippen molar-refractivity contribution in [2.75, 3.05) is 0 Å². The highest BCUT2D eigenvalue weighted by molar-refractivity contribution is 6.35. The molecule has 0 saturated heterocycles. The number of halogens is 2. The fourth-order valence-electron chi connectivity index (χ4n) is 2.55. The van der Waals surface area contributed by atoms with Gasteiger partial charge in [0.2, 0.25) is 0 Å². The molecule has 118 valence electrons. The Kier molecular flexibility index (Phi) is 4.28. The minimum Gasteiger partial charge on any atom is -0.478 e. The van der Waals surface area contributed by atoms with E-state index >= 15 is 0 Å². The van der Waals surface area contributed by atoms with Crippen LogP contribution >= 0.6 is 23.2 Å². The Morgan fingerprint density at radius 3 is 2.74 bits per heavy atom. The van der Waals surface area contributed by atoms with E-state index in [4.69, 9.17) is 28.3 Å². The third-order valence-corrected chi connectivity index (χ3v) is 4.39. The van der Waals surface area contributed by atoms with Crippen molar-refractivity contribution in [2.24, 2.45) is 4.99 Å². The van der Waals surface area contributed by atoms with E-state index in [0.717, 1.165) is 22.6 Å². The molecule has 0 aliphatic carbocycles. The molecule has 0 aromatic heterocycles. The first-order valence-electron chi connectivity index (χ1n) is 7.04. The van der Waals surface area contributed by atoms with E-state index in [0.29, 0.717) is 23.1 Å².